The first-order valence-electron chi connectivity index (χ1n) is 7.94. The summed E-state index contributed by atoms with van der Waals surface area (Å²) in [5, 5.41) is 2.57. The number of nitrogens with two attached hydrogens (primary N) is 1. The third kappa shape index (κ3) is 8.05. The topological polar surface area (TPSA) is 75.4 Å². The molecule has 124 valence electrons. The Kier molecular flexibility index (Phi) is 9.26. The van der Waals surface area contributed by atoms with Gasteiger partial charge in [-0.15, -0.1) is 0 Å². The van der Waals surface area contributed by atoms with E-state index in [1.165, 1.54) is 0 Å². The maximum absolute atomic E-state index is 12.3. The van der Waals surface area contributed by atoms with E-state index in [2.05, 4.69) is 26.1 Å². The highest BCUT2D eigenvalue weighted by molar-refractivity contribution is 5.84. The van der Waals surface area contributed by atoms with Crippen molar-refractivity contribution < 1.29 is 9.59 Å². The second-order valence-corrected chi connectivity index (χ2v) is 6.67. The number of carbonyl (C=O) groups is 2. The molecule has 0 saturated carbocycles. The number of nitrogens with one attached hydrogen (secondary N) is 1. The van der Waals surface area contributed by atoms with Crippen molar-refractivity contribution in [3.05, 3.63) is 0 Å². The van der Waals surface area contributed by atoms with Gasteiger partial charge in [-0.3, -0.25) is 9.59 Å². The average molecular weight is 299 g/mol. The molecule has 0 fully saturated rings. The summed E-state index contributed by atoms with van der Waals surface area (Å²) >= 11 is 0. The number of rotatable bonds is 9. The van der Waals surface area contributed by atoms with Crippen molar-refractivity contribution in [3.63, 3.8) is 0 Å². The second-order valence-electron chi connectivity index (χ2n) is 6.67. The number of amides is 2. The number of carbonyl (C=O) groups excluding carboxylic acids is 2. The monoisotopic (exact) mass is 299 g/mol. The Balaban J connectivity index is 4.56. The molecule has 0 aromatic carbocycles. The van der Waals surface area contributed by atoms with Gasteiger partial charge < -0.3 is 16.0 Å². The molecule has 1 atom stereocenters. The van der Waals surface area contributed by atoms with Gasteiger partial charge in [-0.1, -0.05) is 27.7 Å². The van der Waals surface area contributed by atoms with Crippen molar-refractivity contribution >= 4 is 11.8 Å². The van der Waals surface area contributed by atoms with Crippen molar-refractivity contribution in [1.82, 2.24) is 10.2 Å². The molecule has 2 amide bonds. The van der Waals surface area contributed by atoms with Crippen LogP contribution in [0.25, 0.3) is 0 Å². The SMILES string of the molecule is CCCN(CC(=O)NC)C(=O)CCC(CCN)C(C)(C)C. The molecule has 0 aromatic heterocycles. The lowest BCUT2D eigenvalue weighted by atomic mass is 9.76. The van der Waals surface area contributed by atoms with Gasteiger partial charge in [0.2, 0.25) is 11.8 Å². The summed E-state index contributed by atoms with van der Waals surface area (Å²) in [5.74, 6) is 0.368. The Bertz CT molecular complexity index is 324. The van der Waals surface area contributed by atoms with Crippen LogP contribution in [0.15, 0.2) is 0 Å². The molecule has 0 aliphatic heterocycles. The van der Waals surface area contributed by atoms with Crippen LogP contribution in [0.4, 0.5) is 0 Å². The third-order valence-electron chi connectivity index (χ3n) is 3.91. The van der Waals surface area contributed by atoms with Crippen molar-refractivity contribution in [2.75, 3.05) is 26.7 Å². The second kappa shape index (κ2) is 9.77. The predicted molar refractivity (Wildman–Crippen MR) is 86.8 cm³/mol. The molecule has 0 aromatic rings. The molecule has 0 aliphatic carbocycles. The molecule has 1 unspecified atom stereocenters. The van der Waals surface area contributed by atoms with Crippen molar-refractivity contribution in [1.29, 1.82) is 0 Å². The van der Waals surface area contributed by atoms with Crippen LogP contribution in [0, 0.1) is 11.3 Å². The van der Waals surface area contributed by atoms with E-state index in [0.29, 0.717) is 25.4 Å². The number of nitrogens with zero attached hydrogens (tertiary/aromatic N) is 1. The van der Waals surface area contributed by atoms with E-state index in [1.54, 1.807) is 11.9 Å². The first-order chi connectivity index (χ1) is 9.76. The third-order valence-corrected chi connectivity index (χ3v) is 3.91. The fourth-order valence-corrected chi connectivity index (χ4v) is 2.48. The van der Waals surface area contributed by atoms with Crippen LogP contribution in [0.5, 0.6) is 0 Å². The Morgan fingerprint density at radius 3 is 2.29 bits per heavy atom. The summed E-state index contributed by atoms with van der Waals surface area (Å²) in [7, 11) is 1.59. The molecule has 21 heavy (non-hydrogen) atoms. The van der Waals surface area contributed by atoms with Crippen LogP contribution in [0.2, 0.25) is 0 Å². The van der Waals surface area contributed by atoms with Gasteiger partial charge in [-0.05, 0) is 37.1 Å². The van der Waals surface area contributed by atoms with Gasteiger partial charge in [0.25, 0.3) is 0 Å². The highest BCUT2D eigenvalue weighted by Crippen LogP contribution is 2.32. The van der Waals surface area contributed by atoms with E-state index in [0.717, 1.165) is 19.3 Å². The van der Waals surface area contributed by atoms with Gasteiger partial charge in [0.05, 0.1) is 6.54 Å². The molecular formula is C16H33N3O2. The number of hydrogen-bond acceptors (Lipinski definition) is 3. The fraction of sp³-hybridized carbons (Fsp3) is 0.875. The van der Waals surface area contributed by atoms with E-state index < -0.39 is 0 Å². The van der Waals surface area contributed by atoms with E-state index >= 15 is 0 Å². The van der Waals surface area contributed by atoms with Crippen LogP contribution in [0.1, 0.15) is 53.4 Å². The zero-order valence-electron chi connectivity index (χ0n) is 14.4. The van der Waals surface area contributed by atoms with Gasteiger partial charge >= 0.3 is 0 Å². The van der Waals surface area contributed by atoms with E-state index in [4.69, 9.17) is 5.73 Å². The van der Waals surface area contributed by atoms with Crippen LogP contribution in [0.3, 0.4) is 0 Å². The molecule has 0 bridgehead atoms. The first kappa shape index (κ1) is 19.9. The molecule has 0 radical (unpaired) electrons. The fourth-order valence-electron chi connectivity index (χ4n) is 2.48. The van der Waals surface area contributed by atoms with Gasteiger partial charge in [0.1, 0.15) is 0 Å². The maximum atomic E-state index is 12.3. The van der Waals surface area contributed by atoms with E-state index in [-0.39, 0.29) is 23.8 Å². The van der Waals surface area contributed by atoms with Crippen LogP contribution >= 0.6 is 0 Å². The summed E-state index contributed by atoms with van der Waals surface area (Å²) < 4.78 is 0. The lowest BCUT2D eigenvalue weighted by Gasteiger charge is -2.31. The average Bonchev–Trinajstić information content (AvgIpc) is 2.41. The van der Waals surface area contributed by atoms with E-state index in [9.17, 15) is 9.59 Å². The number of hydrogen-bond donors (Lipinski definition) is 2. The van der Waals surface area contributed by atoms with Crippen molar-refractivity contribution in [2.24, 2.45) is 17.1 Å². The molecule has 0 spiro atoms. The summed E-state index contributed by atoms with van der Waals surface area (Å²) in [4.78, 5) is 25.5. The van der Waals surface area contributed by atoms with Crippen LogP contribution in [-0.2, 0) is 9.59 Å². The number of likely N-dealkylation sites (N-methyl/N-ethyl adjacent to an activating group) is 1. The summed E-state index contributed by atoms with van der Waals surface area (Å²) in [5.41, 5.74) is 5.82. The molecule has 3 N–H and O–H groups in total. The van der Waals surface area contributed by atoms with Gasteiger partial charge in [-0.25, -0.2) is 0 Å². The van der Waals surface area contributed by atoms with E-state index in [1.807, 2.05) is 6.92 Å². The zero-order chi connectivity index (χ0) is 16.5. The predicted octanol–water partition coefficient (Wildman–Crippen LogP) is 1.76. The van der Waals surface area contributed by atoms with Crippen molar-refractivity contribution in [2.45, 2.75) is 53.4 Å². The standard InChI is InChI=1S/C16H33N3O2/c1-6-11-19(12-14(20)18-5)15(21)8-7-13(9-10-17)16(2,3)4/h13H,6-12,17H2,1-5H3,(H,18,20). The molecular weight excluding hydrogens is 266 g/mol. The molecule has 0 rings (SSSR count). The Morgan fingerprint density at radius 1 is 1.24 bits per heavy atom. The molecule has 0 heterocycles. The molecule has 0 aliphatic rings. The quantitative estimate of drug-likeness (QED) is 0.681. The largest absolute Gasteiger partial charge is 0.358 e. The minimum atomic E-state index is -0.119. The first-order valence-corrected chi connectivity index (χ1v) is 7.94. The van der Waals surface area contributed by atoms with Gasteiger partial charge in [0.15, 0.2) is 0 Å². The highest BCUT2D eigenvalue weighted by Gasteiger charge is 2.25. The van der Waals surface area contributed by atoms with Crippen LogP contribution in [-0.4, -0.2) is 43.4 Å². The highest BCUT2D eigenvalue weighted by atomic mass is 16.2. The Labute approximate surface area is 129 Å². The Morgan fingerprint density at radius 2 is 1.86 bits per heavy atom. The summed E-state index contributed by atoms with van der Waals surface area (Å²) in [6, 6.07) is 0. The maximum Gasteiger partial charge on any atom is 0.239 e. The molecule has 5 heteroatoms. The van der Waals surface area contributed by atoms with Crippen LogP contribution < -0.4 is 11.1 Å². The van der Waals surface area contributed by atoms with Gasteiger partial charge in [-0.2, -0.15) is 0 Å². The minimum Gasteiger partial charge on any atom is -0.358 e. The summed E-state index contributed by atoms with van der Waals surface area (Å²) in [6.07, 6.45) is 3.10. The lowest BCUT2D eigenvalue weighted by Crippen LogP contribution is -2.40. The normalized spacial score (nSPS) is 12.9. The lowest BCUT2D eigenvalue weighted by molar-refractivity contribution is -0.136. The smallest absolute Gasteiger partial charge is 0.239 e. The Hall–Kier alpha value is -1.10. The minimum absolute atomic E-state index is 0.0618. The van der Waals surface area contributed by atoms with Crippen molar-refractivity contribution in [3.8, 4) is 0 Å². The molecule has 0 saturated heterocycles. The zero-order valence-corrected chi connectivity index (χ0v) is 14.4. The summed E-state index contributed by atoms with van der Waals surface area (Å²) in [6.45, 7) is 10.00. The van der Waals surface area contributed by atoms with Gasteiger partial charge in [0, 0.05) is 20.0 Å². The molecule has 5 nitrogen and oxygen atoms in total.